The molecule has 2 aromatic rings. The van der Waals surface area contributed by atoms with Crippen molar-refractivity contribution >= 4 is 11.3 Å². The highest BCUT2D eigenvalue weighted by atomic mass is 32.1. The molecule has 15 heavy (non-hydrogen) atoms. The van der Waals surface area contributed by atoms with Gasteiger partial charge in [-0.3, -0.25) is 0 Å². The second kappa shape index (κ2) is 4.31. The molecule has 0 saturated carbocycles. The zero-order valence-corrected chi connectivity index (χ0v) is 9.38. The molecule has 1 aromatic heterocycles. The Kier molecular flexibility index (Phi) is 2.87. The quantitative estimate of drug-likeness (QED) is 0.798. The van der Waals surface area contributed by atoms with E-state index in [2.05, 4.69) is 4.98 Å². The fourth-order valence-corrected chi connectivity index (χ4v) is 1.97. The Morgan fingerprint density at radius 3 is 2.53 bits per heavy atom. The molecule has 0 bridgehead atoms. The highest BCUT2D eigenvalue weighted by molar-refractivity contribution is 7.13. The van der Waals surface area contributed by atoms with Gasteiger partial charge in [0.15, 0.2) is 11.5 Å². The number of hydrogen-bond donors (Lipinski definition) is 0. The number of benzene rings is 1. The van der Waals surface area contributed by atoms with E-state index in [1.54, 1.807) is 31.8 Å². The van der Waals surface area contributed by atoms with E-state index in [1.807, 2.05) is 23.6 Å². The minimum absolute atomic E-state index is 0.727. The molecule has 0 spiro atoms. The SMILES string of the molecule is COc1ccc(-c2nccs2)cc1OC. The van der Waals surface area contributed by atoms with E-state index in [-0.39, 0.29) is 0 Å². The maximum Gasteiger partial charge on any atom is 0.161 e. The number of aromatic nitrogens is 1. The van der Waals surface area contributed by atoms with Crippen molar-refractivity contribution in [2.45, 2.75) is 0 Å². The largest absolute Gasteiger partial charge is 0.493 e. The summed E-state index contributed by atoms with van der Waals surface area (Å²) in [6.07, 6.45) is 1.79. The summed E-state index contributed by atoms with van der Waals surface area (Å²) in [5, 5.41) is 2.93. The van der Waals surface area contributed by atoms with Crippen molar-refractivity contribution in [1.82, 2.24) is 4.98 Å². The van der Waals surface area contributed by atoms with Crippen LogP contribution >= 0.6 is 11.3 Å². The van der Waals surface area contributed by atoms with Crippen molar-refractivity contribution in [2.75, 3.05) is 14.2 Å². The molecular formula is C11H11NO2S. The molecule has 0 fully saturated rings. The molecule has 0 amide bonds. The lowest BCUT2D eigenvalue weighted by Crippen LogP contribution is -1.90. The summed E-state index contributed by atoms with van der Waals surface area (Å²) in [4.78, 5) is 4.24. The highest BCUT2D eigenvalue weighted by Gasteiger charge is 2.06. The molecule has 0 aliphatic heterocycles. The Morgan fingerprint density at radius 2 is 1.93 bits per heavy atom. The van der Waals surface area contributed by atoms with Crippen molar-refractivity contribution in [3.63, 3.8) is 0 Å². The first-order valence-corrected chi connectivity index (χ1v) is 5.35. The summed E-state index contributed by atoms with van der Waals surface area (Å²) >= 11 is 1.60. The van der Waals surface area contributed by atoms with Crippen molar-refractivity contribution in [1.29, 1.82) is 0 Å². The zero-order valence-electron chi connectivity index (χ0n) is 8.56. The van der Waals surface area contributed by atoms with E-state index < -0.39 is 0 Å². The normalized spacial score (nSPS) is 10.0. The molecule has 0 saturated heterocycles. The lowest BCUT2D eigenvalue weighted by molar-refractivity contribution is 0.355. The van der Waals surface area contributed by atoms with E-state index in [0.717, 1.165) is 22.1 Å². The van der Waals surface area contributed by atoms with Crippen molar-refractivity contribution in [3.05, 3.63) is 29.8 Å². The Balaban J connectivity index is 2.43. The second-order valence-electron chi connectivity index (χ2n) is 2.91. The third-order valence-electron chi connectivity index (χ3n) is 2.06. The molecule has 1 aromatic carbocycles. The average Bonchev–Trinajstić information content (AvgIpc) is 2.81. The summed E-state index contributed by atoms with van der Waals surface area (Å²) in [7, 11) is 3.25. The van der Waals surface area contributed by atoms with Gasteiger partial charge < -0.3 is 9.47 Å². The molecule has 0 aliphatic carbocycles. The predicted molar refractivity (Wildman–Crippen MR) is 60.7 cm³/mol. The first kappa shape index (κ1) is 9.98. The number of thiazole rings is 1. The van der Waals surface area contributed by atoms with Gasteiger partial charge in [-0.25, -0.2) is 4.98 Å². The van der Waals surface area contributed by atoms with Crippen LogP contribution in [0.4, 0.5) is 0 Å². The average molecular weight is 221 g/mol. The standard InChI is InChI=1S/C11H11NO2S/c1-13-9-4-3-8(7-10(9)14-2)11-12-5-6-15-11/h3-7H,1-2H3. The maximum atomic E-state index is 5.23. The van der Waals surface area contributed by atoms with Crippen LogP contribution in [0.3, 0.4) is 0 Å². The zero-order chi connectivity index (χ0) is 10.7. The molecule has 0 aliphatic rings. The number of methoxy groups -OCH3 is 2. The first-order valence-electron chi connectivity index (χ1n) is 4.47. The van der Waals surface area contributed by atoms with Crippen LogP contribution in [-0.2, 0) is 0 Å². The van der Waals surface area contributed by atoms with Crippen LogP contribution in [0.2, 0.25) is 0 Å². The van der Waals surface area contributed by atoms with E-state index in [0.29, 0.717) is 0 Å². The predicted octanol–water partition coefficient (Wildman–Crippen LogP) is 2.83. The molecule has 2 rings (SSSR count). The van der Waals surface area contributed by atoms with Crippen molar-refractivity contribution < 1.29 is 9.47 Å². The first-order chi connectivity index (χ1) is 7.35. The van der Waals surface area contributed by atoms with Gasteiger partial charge in [-0.15, -0.1) is 11.3 Å². The minimum Gasteiger partial charge on any atom is -0.493 e. The molecule has 3 nitrogen and oxygen atoms in total. The van der Waals surface area contributed by atoms with E-state index in [1.165, 1.54) is 0 Å². The van der Waals surface area contributed by atoms with Gasteiger partial charge in [0.05, 0.1) is 14.2 Å². The smallest absolute Gasteiger partial charge is 0.161 e. The summed E-state index contributed by atoms with van der Waals surface area (Å²) in [5.74, 6) is 1.46. The molecule has 0 atom stereocenters. The van der Waals surface area contributed by atoms with Crippen LogP contribution in [0.15, 0.2) is 29.8 Å². The lowest BCUT2D eigenvalue weighted by Gasteiger charge is -2.07. The van der Waals surface area contributed by atoms with Crippen molar-refractivity contribution in [2.24, 2.45) is 0 Å². The van der Waals surface area contributed by atoms with Gasteiger partial charge in [-0.05, 0) is 18.2 Å². The Bertz CT molecular complexity index is 440. The topological polar surface area (TPSA) is 31.4 Å². The highest BCUT2D eigenvalue weighted by Crippen LogP contribution is 2.32. The second-order valence-corrected chi connectivity index (χ2v) is 3.80. The maximum absolute atomic E-state index is 5.23. The van der Waals surface area contributed by atoms with Gasteiger partial charge in [0, 0.05) is 17.1 Å². The Labute approximate surface area is 92.3 Å². The Hall–Kier alpha value is -1.55. The molecule has 4 heteroatoms. The summed E-state index contributed by atoms with van der Waals surface area (Å²) in [6, 6.07) is 5.79. The van der Waals surface area contributed by atoms with Gasteiger partial charge in [0.1, 0.15) is 5.01 Å². The fourth-order valence-electron chi connectivity index (χ4n) is 1.34. The van der Waals surface area contributed by atoms with E-state index >= 15 is 0 Å². The van der Waals surface area contributed by atoms with Crippen LogP contribution in [-0.4, -0.2) is 19.2 Å². The summed E-state index contributed by atoms with van der Waals surface area (Å²) in [6.45, 7) is 0. The molecular weight excluding hydrogens is 210 g/mol. The van der Waals surface area contributed by atoms with Crippen LogP contribution < -0.4 is 9.47 Å². The van der Waals surface area contributed by atoms with Crippen molar-refractivity contribution in [3.8, 4) is 22.1 Å². The van der Waals surface area contributed by atoms with Crippen LogP contribution in [0, 0.1) is 0 Å². The third-order valence-corrected chi connectivity index (χ3v) is 2.88. The lowest BCUT2D eigenvalue weighted by atomic mass is 10.2. The monoisotopic (exact) mass is 221 g/mol. The number of rotatable bonds is 3. The van der Waals surface area contributed by atoms with Gasteiger partial charge in [0.2, 0.25) is 0 Å². The van der Waals surface area contributed by atoms with Gasteiger partial charge in [0.25, 0.3) is 0 Å². The van der Waals surface area contributed by atoms with E-state index in [9.17, 15) is 0 Å². The number of hydrogen-bond acceptors (Lipinski definition) is 4. The molecule has 0 N–H and O–H groups in total. The molecule has 78 valence electrons. The molecule has 1 heterocycles. The third kappa shape index (κ3) is 1.94. The summed E-state index contributed by atoms with van der Waals surface area (Å²) in [5.41, 5.74) is 1.04. The minimum atomic E-state index is 0.727. The number of ether oxygens (including phenoxy) is 2. The van der Waals surface area contributed by atoms with Gasteiger partial charge in [-0.2, -0.15) is 0 Å². The molecule has 0 unspecified atom stereocenters. The van der Waals surface area contributed by atoms with Crippen LogP contribution in [0.1, 0.15) is 0 Å². The van der Waals surface area contributed by atoms with Gasteiger partial charge in [-0.1, -0.05) is 0 Å². The van der Waals surface area contributed by atoms with Gasteiger partial charge >= 0.3 is 0 Å². The van der Waals surface area contributed by atoms with Crippen LogP contribution in [0.25, 0.3) is 10.6 Å². The summed E-state index contributed by atoms with van der Waals surface area (Å²) < 4.78 is 10.4. The van der Waals surface area contributed by atoms with Crippen LogP contribution in [0.5, 0.6) is 11.5 Å². The van der Waals surface area contributed by atoms with E-state index in [4.69, 9.17) is 9.47 Å². The number of nitrogens with zero attached hydrogens (tertiary/aromatic N) is 1. The Morgan fingerprint density at radius 1 is 1.13 bits per heavy atom. The fraction of sp³-hybridized carbons (Fsp3) is 0.182. The molecule has 0 radical (unpaired) electrons.